The van der Waals surface area contributed by atoms with Crippen molar-refractivity contribution in [2.75, 3.05) is 43.1 Å². The van der Waals surface area contributed by atoms with E-state index in [1.165, 1.54) is 16.4 Å². The Labute approximate surface area is 192 Å². The Kier molecular flexibility index (Phi) is 5.71. The molecule has 174 valence electrons. The molecule has 0 aromatic heterocycles. The first kappa shape index (κ1) is 21.7. The van der Waals surface area contributed by atoms with Crippen LogP contribution in [0.3, 0.4) is 0 Å². The van der Waals surface area contributed by atoms with Gasteiger partial charge in [-0.15, -0.1) is 0 Å². The zero-order chi connectivity index (χ0) is 23.0. The highest BCUT2D eigenvalue weighted by Crippen LogP contribution is 2.36. The smallest absolute Gasteiger partial charge is 0.243 e. The molecule has 0 saturated carbocycles. The van der Waals surface area contributed by atoms with Gasteiger partial charge in [0.1, 0.15) is 13.2 Å². The number of hydrogen-bond acceptors (Lipinski definition) is 6. The molecular formula is C23H25N3O6S. The third-order valence-electron chi connectivity index (χ3n) is 6.14. The lowest BCUT2D eigenvalue weighted by molar-refractivity contribution is -0.122. The van der Waals surface area contributed by atoms with E-state index < -0.39 is 15.9 Å². The molecule has 0 radical (unpaired) electrons. The molecule has 2 amide bonds. The van der Waals surface area contributed by atoms with E-state index >= 15 is 0 Å². The molecule has 1 atom stereocenters. The molecule has 33 heavy (non-hydrogen) atoms. The van der Waals surface area contributed by atoms with Crippen LogP contribution in [0.1, 0.15) is 19.3 Å². The first-order chi connectivity index (χ1) is 15.9. The van der Waals surface area contributed by atoms with Crippen LogP contribution in [0.2, 0.25) is 0 Å². The summed E-state index contributed by atoms with van der Waals surface area (Å²) in [6.07, 6.45) is 1.78. The van der Waals surface area contributed by atoms with Crippen LogP contribution in [-0.4, -0.2) is 57.4 Å². The Bertz CT molecular complexity index is 1190. The number of sulfonamides is 1. The first-order valence-corrected chi connectivity index (χ1v) is 12.5. The third kappa shape index (κ3) is 4.28. The number of carbonyl (C=O) groups is 2. The molecule has 3 aliphatic heterocycles. The summed E-state index contributed by atoms with van der Waals surface area (Å²) in [5.41, 5.74) is 1.05. The minimum Gasteiger partial charge on any atom is -0.486 e. The number of carbonyl (C=O) groups excluding carboxylic acids is 2. The van der Waals surface area contributed by atoms with Gasteiger partial charge in [0, 0.05) is 43.5 Å². The molecule has 9 nitrogen and oxygen atoms in total. The van der Waals surface area contributed by atoms with E-state index in [0.29, 0.717) is 49.2 Å². The third-order valence-corrected chi connectivity index (χ3v) is 8.03. The van der Waals surface area contributed by atoms with E-state index in [1.54, 1.807) is 35.2 Å². The topological polar surface area (TPSA) is 105 Å². The normalized spacial score (nSPS) is 20.8. The molecule has 2 fully saturated rings. The van der Waals surface area contributed by atoms with Gasteiger partial charge in [0.2, 0.25) is 21.8 Å². The van der Waals surface area contributed by atoms with E-state index in [-0.39, 0.29) is 29.7 Å². The van der Waals surface area contributed by atoms with Gasteiger partial charge in [0.15, 0.2) is 11.5 Å². The summed E-state index contributed by atoms with van der Waals surface area (Å²) in [5, 5.41) is 2.78. The summed E-state index contributed by atoms with van der Waals surface area (Å²) >= 11 is 0. The highest BCUT2D eigenvalue weighted by molar-refractivity contribution is 7.89. The Morgan fingerprint density at radius 1 is 1.00 bits per heavy atom. The number of ether oxygens (including phenoxy) is 2. The van der Waals surface area contributed by atoms with Gasteiger partial charge in [-0.05, 0) is 43.2 Å². The lowest BCUT2D eigenvalue weighted by Crippen LogP contribution is -2.29. The molecular weight excluding hydrogens is 446 g/mol. The second-order valence-electron chi connectivity index (χ2n) is 8.36. The van der Waals surface area contributed by atoms with E-state index in [4.69, 9.17) is 9.47 Å². The van der Waals surface area contributed by atoms with E-state index in [2.05, 4.69) is 5.32 Å². The fraction of sp³-hybridized carbons (Fsp3) is 0.391. The van der Waals surface area contributed by atoms with Crippen LogP contribution in [-0.2, 0) is 19.6 Å². The number of anilines is 2. The second kappa shape index (κ2) is 8.68. The quantitative estimate of drug-likeness (QED) is 0.717. The van der Waals surface area contributed by atoms with Crippen LogP contribution >= 0.6 is 0 Å². The number of rotatable bonds is 5. The monoisotopic (exact) mass is 471 g/mol. The number of nitrogens with one attached hydrogen (secondary N) is 1. The van der Waals surface area contributed by atoms with Crippen LogP contribution in [0.15, 0.2) is 47.4 Å². The van der Waals surface area contributed by atoms with Crippen molar-refractivity contribution in [1.82, 2.24) is 4.31 Å². The molecule has 3 aliphatic rings. The maximum atomic E-state index is 12.9. The molecule has 0 spiro atoms. The van der Waals surface area contributed by atoms with Crippen molar-refractivity contribution in [2.24, 2.45) is 5.92 Å². The van der Waals surface area contributed by atoms with Gasteiger partial charge >= 0.3 is 0 Å². The lowest BCUT2D eigenvalue weighted by Gasteiger charge is -2.22. The van der Waals surface area contributed by atoms with Gasteiger partial charge in [0.25, 0.3) is 0 Å². The summed E-state index contributed by atoms with van der Waals surface area (Å²) in [5.74, 6) is 0.186. The number of hydrogen-bond donors (Lipinski definition) is 1. The average Bonchev–Trinajstić information content (AvgIpc) is 3.50. The summed E-state index contributed by atoms with van der Waals surface area (Å²) in [4.78, 5) is 27.2. The highest BCUT2D eigenvalue weighted by atomic mass is 32.2. The van der Waals surface area contributed by atoms with Crippen LogP contribution < -0.4 is 19.7 Å². The van der Waals surface area contributed by atoms with Gasteiger partial charge in [0.05, 0.1) is 10.8 Å². The molecule has 1 N–H and O–H groups in total. The zero-order valence-corrected chi connectivity index (χ0v) is 18.8. The predicted octanol–water partition coefficient (Wildman–Crippen LogP) is 2.23. The van der Waals surface area contributed by atoms with E-state index in [0.717, 1.165) is 12.8 Å². The number of amides is 2. The molecule has 2 saturated heterocycles. The summed E-state index contributed by atoms with van der Waals surface area (Å²) in [6, 6.07) is 11.6. The van der Waals surface area contributed by atoms with Crippen LogP contribution in [0.25, 0.3) is 0 Å². The van der Waals surface area contributed by atoms with Crippen molar-refractivity contribution >= 4 is 33.2 Å². The largest absolute Gasteiger partial charge is 0.486 e. The summed E-state index contributed by atoms with van der Waals surface area (Å²) in [6.45, 7) is 2.19. The van der Waals surface area contributed by atoms with Crippen molar-refractivity contribution < 1.29 is 27.5 Å². The minimum absolute atomic E-state index is 0.0754. The molecule has 2 aromatic carbocycles. The van der Waals surface area contributed by atoms with E-state index in [1.807, 2.05) is 0 Å². The van der Waals surface area contributed by atoms with Gasteiger partial charge in [-0.1, -0.05) is 6.07 Å². The van der Waals surface area contributed by atoms with Crippen LogP contribution in [0.4, 0.5) is 11.4 Å². The minimum atomic E-state index is -3.58. The average molecular weight is 472 g/mol. The lowest BCUT2D eigenvalue weighted by atomic mass is 10.1. The fourth-order valence-electron chi connectivity index (χ4n) is 4.39. The maximum absolute atomic E-state index is 12.9. The Morgan fingerprint density at radius 2 is 1.76 bits per heavy atom. The van der Waals surface area contributed by atoms with Crippen molar-refractivity contribution in [2.45, 2.75) is 24.2 Å². The van der Waals surface area contributed by atoms with Crippen molar-refractivity contribution in [3.8, 4) is 11.5 Å². The zero-order valence-electron chi connectivity index (χ0n) is 18.0. The van der Waals surface area contributed by atoms with Gasteiger partial charge in [-0.2, -0.15) is 4.31 Å². The van der Waals surface area contributed by atoms with Gasteiger partial charge in [-0.3, -0.25) is 9.59 Å². The molecule has 0 aliphatic carbocycles. The Hall–Kier alpha value is -3.11. The second-order valence-corrected chi connectivity index (χ2v) is 10.3. The van der Waals surface area contributed by atoms with Crippen molar-refractivity contribution in [3.63, 3.8) is 0 Å². The molecule has 10 heteroatoms. The highest BCUT2D eigenvalue weighted by Gasteiger charge is 2.36. The van der Waals surface area contributed by atoms with E-state index in [9.17, 15) is 18.0 Å². The molecule has 3 heterocycles. The van der Waals surface area contributed by atoms with Crippen molar-refractivity contribution in [3.05, 3.63) is 42.5 Å². The van der Waals surface area contributed by atoms with Crippen LogP contribution in [0, 0.1) is 5.92 Å². The summed E-state index contributed by atoms with van der Waals surface area (Å²) < 4.78 is 38.2. The summed E-state index contributed by atoms with van der Waals surface area (Å²) in [7, 11) is -3.58. The van der Waals surface area contributed by atoms with Crippen LogP contribution in [0.5, 0.6) is 11.5 Å². The first-order valence-electron chi connectivity index (χ1n) is 11.0. The number of fused-ring (bicyclic) bond motifs is 1. The molecule has 0 unspecified atom stereocenters. The fourth-order valence-corrected chi connectivity index (χ4v) is 5.95. The van der Waals surface area contributed by atoms with Crippen molar-refractivity contribution in [1.29, 1.82) is 0 Å². The molecule has 2 aromatic rings. The predicted molar refractivity (Wildman–Crippen MR) is 121 cm³/mol. The van der Waals surface area contributed by atoms with Gasteiger partial charge < -0.3 is 19.7 Å². The van der Waals surface area contributed by atoms with Gasteiger partial charge in [-0.25, -0.2) is 8.42 Å². The number of nitrogens with zero attached hydrogens (tertiary/aromatic N) is 2. The maximum Gasteiger partial charge on any atom is 0.243 e. The standard InChI is InChI=1S/C23H25N3O6S/c27-22-12-16(15-26(22)18-6-7-20-21(14-18)32-11-10-31-20)23(28)24-17-4-3-5-19(13-17)33(29,30)25-8-1-2-9-25/h3-7,13-14,16H,1-2,8-12,15H2,(H,24,28)/t16-/m1/s1. The number of benzene rings is 2. The Morgan fingerprint density at radius 3 is 2.55 bits per heavy atom. The molecule has 5 rings (SSSR count). The SMILES string of the molecule is O=C(Nc1cccc(S(=O)(=O)N2CCCC2)c1)[C@@H]1CC(=O)N(c2ccc3c(c2)OCCO3)C1. The Balaban J connectivity index is 1.28. The molecule has 0 bridgehead atoms.